The van der Waals surface area contributed by atoms with E-state index in [9.17, 15) is 10.1 Å². The molecule has 1 rings (SSSR count). The van der Waals surface area contributed by atoms with E-state index >= 15 is 0 Å². The van der Waals surface area contributed by atoms with Crippen molar-refractivity contribution in [2.75, 3.05) is 0 Å². The molecule has 0 aliphatic heterocycles. The van der Waals surface area contributed by atoms with E-state index in [1.165, 1.54) is 6.92 Å². The van der Waals surface area contributed by atoms with Gasteiger partial charge in [0, 0.05) is 0 Å². The second-order valence-electron chi connectivity index (χ2n) is 4.66. The minimum Gasteiger partial charge on any atom is -0.298 e. The van der Waals surface area contributed by atoms with Crippen molar-refractivity contribution < 1.29 is 4.79 Å². The molecule has 1 aromatic carbocycles. The number of carbonyl (C=O) groups excluding carboxylic acids is 1. The van der Waals surface area contributed by atoms with Gasteiger partial charge in [-0.25, -0.2) is 0 Å². The summed E-state index contributed by atoms with van der Waals surface area (Å²) in [6, 6.07) is 11.6. The Morgan fingerprint density at radius 3 is 2.41 bits per heavy atom. The van der Waals surface area contributed by atoms with E-state index in [1.54, 1.807) is 0 Å². The number of Topliss-reactive ketones (excluding diaryl/α,β-unsaturated/α-hetero) is 1. The summed E-state index contributed by atoms with van der Waals surface area (Å²) >= 11 is 0. The first-order chi connectivity index (χ1) is 8.06. The number of carbonyl (C=O) groups is 1. The number of nitriles is 1. The molecular weight excluding hydrogens is 210 g/mol. The van der Waals surface area contributed by atoms with Crippen LogP contribution in [0.2, 0.25) is 0 Å². The normalized spacial score (nSPS) is 15.6. The van der Waals surface area contributed by atoms with E-state index in [1.807, 2.05) is 30.3 Å². The van der Waals surface area contributed by atoms with Crippen LogP contribution in [0.4, 0.5) is 0 Å². The van der Waals surface area contributed by atoms with Crippen molar-refractivity contribution in [3.63, 3.8) is 0 Å². The van der Waals surface area contributed by atoms with Gasteiger partial charge < -0.3 is 0 Å². The third-order valence-corrected chi connectivity index (χ3v) is 3.41. The quantitative estimate of drug-likeness (QED) is 0.775. The van der Waals surface area contributed by atoms with Crippen LogP contribution in [0.25, 0.3) is 0 Å². The monoisotopic (exact) mass is 229 g/mol. The van der Waals surface area contributed by atoms with E-state index in [2.05, 4.69) is 19.9 Å². The predicted molar refractivity (Wildman–Crippen MR) is 68.5 cm³/mol. The van der Waals surface area contributed by atoms with E-state index < -0.39 is 5.41 Å². The zero-order valence-corrected chi connectivity index (χ0v) is 10.7. The van der Waals surface area contributed by atoms with Crippen molar-refractivity contribution in [3.8, 4) is 6.07 Å². The van der Waals surface area contributed by atoms with Gasteiger partial charge in [-0.3, -0.25) is 4.79 Å². The van der Waals surface area contributed by atoms with Crippen LogP contribution in [0.3, 0.4) is 0 Å². The first-order valence-corrected chi connectivity index (χ1v) is 6.04. The summed E-state index contributed by atoms with van der Waals surface area (Å²) < 4.78 is 0. The zero-order chi connectivity index (χ0) is 12.9. The highest BCUT2D eigenvalue weighted by atomic mass is 16.1. The molecule has 2 unspecified atom stereocenters. The van der Waals surface area contributed by atoms with Crippen LogP contribution in [0.5, 0.6) is 0 Å². The fourth-order valence-corrected chi connectivity index (χ4v) is 2.04. The van der Waals surface area contributed by atoms with Crippen molar-refractivity contribution in [2.45, 2.75) is 39.0 Å². The zero-order valence-electron chi connectivity index (χ0n) is 10.7. The molecule has 0 radical (unpaired) electrons. The standard InChI is InChI=1S/C15H19NO/c1-4-12(2)10-15(11-16,13(3)17)14-8-6-5-7-9-14/h5-9,12H,4,10H2,1-3H3. The molecule has 90 valence electrons. The highest BCUT2D eigenvalue weighted by Gasteiger charge is 2.38. The van der Waals surface area contributed by atoms with Gasteiger partial charge >= 0.3 is 0 Å². The van der Waals surface area contributed by atoms with Crippen molar-refractivity contribution in [1.82, 2.24) is 0 Å². The van der Waals surface area contributed by atoms with E-state index in [4.69, 9.17) is 0 Å². The third kappa shape index (κ3) is 2.74. The van der Waals surface area contributed by atoms with Gasteiger partial charge in [-0.2, -0.15) is 5.26 Å². The van der Waals surface area contributed by atoms with Crippen molar-refractivity contribution in [2.24, 2.45) is 5.92 Å². The predicted octanol–water partition coefficient (Wildman–Crippen LogP) is 3.47. The number of ketones is 1. The van der Waals surface area contributed by atoms with Crippen LogP contribution in [-0.4, -0.2) is 5.78 Å². The molecule has 0 fully saturated rings. The molecule has 0 spiro atoms. The van der Waals surface area contributed by atoms with Crippen LogP contribution in [0.15, 0.2) is 30.3 Å². The molecule has 0 aliphatic carbocycles. The van der Waals surface area contributed by atoms with Crippen LogP contribution in [0, 0.1) is 17.2 Å². The van der Waals surface area contributed by atoms with Gasteiger partial charge in [-0.1, -0.05) is 50.6 Å². The highest BCUT2D eigenvalue weighted by molar-refractivity contribution is 5.91. The maximum atomic E-state index is 11.9. The first-order valence-electron chi connectivity index (χ1n) is 6.04. The Labute approximate surface area is 103 Å². The topological polar surface area (TPSA) is 40.9 Å². The van der Waals surface area contributed by atoms with E-state index in [-0.39, 0.29) is 5.78 Å². The lowest BCUT2D eigenvalue weighted by atomic mass is 9.72. The summed E-state index contributed by atoms with van der Waals surface area (Å²) in [5.74, 6) is 0.297. The van der Waals surface area contributed by atoms with Crippen LogP contribution in [0.1, 0.15) is 39.2 Å². The molecule has 2 atom stereocenters. The molecule has 0 aliphatic rings. The fourth-order valence-electron chi connectivity index (χ4n) is 2.04. The van der Waals surface area contributed by atoms with Gasteiger partial charge in [0.1, 0.15) is 5.41 Å². The molecule has 1 aromatic rings. The lowest BCUT2D eigenvalue weighted by Crippen LogP contribution is -2.34. The minimum atomic E-state index is -0.976. The summed E-state index contributed by atoms with van der Waals surface area (Å²) in [6.07, 6.45) is 1.57. The molecule has 17 heavy (non-hydrogen) atoms. The van der Waals surface area contributed by atoms with Crippen LogP contribution >= 0.6 is 0 Å². The summed E-state index contributed by atoms with van der Waals surface area (Å²) in [5.41, 5.74) is -0.160. The lowest BCUT2D eigenvalue weighted by molar-refractivity contribution is -0.121. The van der Waals surface area contributed by atoms with Gasteiger partial charge in [-0.15, -0.1) is 0 Å². The van der Waals surface area contributed by atoms with Crippen molar-refractivity contribution in [1.29, 1.82) is 5.26 Å². The SMILES string of the molecule is CCC(C)CC(C#N)(C(C)=O)c1ccccc1. The highest BCUT2D eigenvalue weighted by Crippen LogP contribution is 2.32. The van der Waals surface area contributed by atoms with E-state index in [0.29, 0.717) is 12.3 Å². The van der Waals surface area contributed by atoms with Gasteiger partial charge in [0.15, 0.2) is 5.78 Å². The Kier molecular flexibility index (Phi) is 4.45. The Morgan fingerprint density at radius 2 is 2.00 bits per heavy atom. The molecule has 2 heteroatoms. The van der Waals surface area contributed by atoms with E-state index in [0.717, 1.165) is 12.0 Å². The Hall–Kier alpha value is -1.62. The first kappa shape index (κ1) is 13.4. The largest absolute Gasteiger partial charge is 0.298 e. The Bertz CT molecular complexity index is 418. The van der Waals surface area contributed by atoms with Gasteiger partial charge in [0.2, 0.25) is 0 Å². The number of hydrogen-bond donors (Lipinski definition) is 0. The average Bonchev–Trinajstić information content (AvgIpc) is 2.36. The van der Waals surface area contributed by atoms with Gasteiger partial charge in [0.25, 0.3) is 0 Å². The number of nitrogens with zero attached hydrogens (tertiary/aromatic N) is 1. The third-order valence-electron chi connectivity index (χ3n) is 3.41. The smallest absolute Gasteiger partial charge is 0.154 e. The molecule has 0 N–H and O–H groups in total. The number of rotatable bonds is 5. The molecule has 0 saturated carbocycles. The summed E-state index contributed by atoms with van der Waals surface area (Å²) in [5, 5.41) is 9.47. The van der Waals surface area contributed by atoms with Crippen LogP contribution < -0.4 is 0 Å². The summed E-state index contributed by atoms with van der Waals surface area (Å²) in [7, 11) is 0. The number of hydrogen-bond acceptors (Lipinski definition) is 2. The Morgan fingerprint density at radius 1 is 1.41 bits per heavy atom. The molecule has 0 heterocycles. The lowest BCUT2D eigenvalue weighted by Gasteiger charge is -2.27. The maximum Gasteiger partial charge on any atom is 0.154 e. The second-order valence-corrected chi connectivity index (χ2v) is 4.66. The molecular formula is C15H19NO. The average molecular weight is 229 g/mol. The molecule has 0 saturated heterocycles. The maximum absolute atomic E-state index is 11.9. The summed E-state index contributed by atoms with van der Waals surface area (Å²) in [4.78, 5) is 11.9. The van der Waals surface area contributed by atoms with Crippen LogP contribution in [-0.2, 0) is 10.2 Å². The minimum absolute atomic E-state index is 0.0634. The van der Waals surface area contributed by atoms with Crippen molar-refractivity contribution >= 4 is 5.78 Å². The molecule has 0 aromatic heterocycles. The fraction of sp³-hybridized carbons (Fsp3) is 0.467. The van der Waals surface area contributed by atoms with Gasteiger partial charge in [-0.05, 0) is 24.8 Å². The second kappa shape index (κ2) is 5.63. The number of benzene rings is 1. The molecule has 2 nitrogen and oxygen atoms in total. The molecule has 0 amide bonds. The summed E-state index contributed by atoms with van der Waals surface area (Å²) in [6.45, 7) is 5.68. The van der Waals surface area contributed by atoms with Gasteiger partial charge in [0.05, 0.1) is 6.07 Å². The van der Waals surface area contributed by atoms with Crippen molar-refractivity contribution in [3.05, 3.63) is 35.9 Å². The molecule has 0 bridgehead atoms. The Balaban J connectivity index is 3.20.